The Morgan fingerprint density at radius 1 is 1.58 bits per heavy atom. The van der Waals surface area contributed by atoms with Gasteiger partial charge in [-0.3, -0.25) is 9.05 Å². The summed E-state index contributed by atoms with van der Waals surface area (Å²) in [6, 6.07) is 0. The van der Waals surface area contributed by atoms with E-state index in [0.29, 0.717) is 6.42 Å². The fourth-order valence-electron chi connectivity index (χ4n) is 0.628. The van der Waals surface area contributed by atoms with E-state index in [4.69, 9.17) is 10.00 Å². The molecule has 0 bridgehead atoms. The number of rotatable bonds is 6. The zero-order valence-corrected chi connectivity index (χ0v) is 8.16. The van der Waals surface area contributed by atoms with Gasteiger partial charge in [-0.15, -0.1) is 0 Å². The molecule has 0 saturated heterocycles. The van der Waals surface area contributed by atoms with E-state index < -0.39 is 14.1 Å². The summed E-state index contributed by atoms with van der Waals surface area (Å²) in [6.45, 7) is 1.95. The highest BCUT2D eigenvalue weighted by atomic mass is 31.2. The third-order valence-corrected chi connectivity index (χ3v) is 2.26. The van der Waals surface area contributed by atoms with E-state index in [2.05, 4.69) is 9.05 Å². The van der Waals surface area contributed by atoms with Gasteiger partial charge in [0.2, 0.25) is 0 Å². The molecule has 5 nitrogen and oxygen atoms in total. The number of aliphatic hydroxyl groups excluding tert-OH is 1. The van der Waals surface area contributed by atoms with Crippen LogP contribution in [0.15, 0.2) is 0 Å². The van der Waals surface area contributed by atoms with Crippen LogP contribution < -0.4 is 0 Å². The van der Waals surface area contributed by atoms with Crippen LogP contribution in [0.1, 0.15) is 26.2 Å². The standard InChI is InChI=1S/C6H15O5P/c1-3-4-5-6(7)11-12(8,9)10-2/h6-7H,3-5H2,1-2H3,(H,8,9). The smallest absolute Gasteiger partial charge is 0.367 e. The maximum atomic E-state index is 10.7. The fourth-order valence-corrected chi connectivity index (χ4v) is 1.13. The van der Waals surface area contributed by atoms with Crippen LogP contribution in [0.5, 0.6) is 0 Å². The van der Waals surface area contributed by atoms with Gasteiger partial charge in [0.05, 0.1) is 0 Å². The normalized spacial score (nSPS) is 18.7. The molecule has 0 fully saturated rings. The zero-order valence-electron chi connectivity index (χ0n) is 7.27. The number of aliphatic hydroxyl groups is 1. The van der Waals surface area contributed by atoms with Crippen LogP contribution in [-0.2, 0) is 13.6 Å². The summed E-state index contributed by atoms with van der Waals surface area (Å²) in [7, 11) is -2.97. The number of phosphoric ester groups is 1. The van der Waals surface area contributed by atoms with Gasteiger partial charge in [0, 0.05) is 7.11 Å². The first-order valence-electron chi connectivity index (χ1n) is 3.77. The molecule has 12 heavy (non-hydrogen) atoms. The zero-order chi connectivity index (χ0) is 9.61. The molecule has 0 aliphatic carbocycles. The minimum atomic E-state index is -4.02. The van der Waals surface area contributed by atoms with Crippen molar-refractivity contribution < 1.29 is 23.6 Å². The lowest BCUT2D eigenvalue weighted by Gasteiger charge is -2.13. The van der Waals surface area contributed by atoms with E-state index in [0.717, 1.165) is 20.0 Å². The first-order chi connectivity index (χ1) is 5.52. The lowest BCUT2D eigenvalue weighted by molar-refractivity contribution is -0.0453. The minimum Gasteiger partial charge on any atom is -0.367 e. The van der Waals surface area contributed by atoms with Crippen LogP contribution in [0.4, 0.5) is 0 Å². The number of hydrogen-bond acceptors (Lipinski definition) is 4. The molecule has 0 aromatic carbocycles. The SMILES string of the molecule is CCCCC(O)OP(=O)(O)OC. The van der Waals surface area contributed by atoms with Gasteiger partial charge in [0.15, 0.2) is 6.29 Å². The summed E-state index contributed by atoms with van der Waals surface area (Å²) in [5, 5.41) is 9.01. The topological polar surface area (TPSA) is 76.0 Å². The van der Waals surface area contributed by atoms with Crippen molar-refractivity contribution >= 4 is 7.82 Å². The molecule has 0 radical (unpaired) electrons. The van der Waals surface area contributed by atoms with E-state index in [1.807, 2.05) is 6.92 Å². The number of phosphoric acid groups is 1. The van der Waals surface area contributed by atoms with Crippen molar-refractivity contribution in [3.05, 3.63) is 0 Å². The van der Waals surface area contributed by atoms with Crippen LogP contribution >= 0.6 is 7.82 Å². The summed E-state index contributed by atoms with van der Waals surface area (Å²) in [4.78, 5) is 8.74. The van der Waals surface area contributed by atoms with Crippen molar-refractivity contribution in [2.75, 3.05) is 7.11 Å². The van der Waals surface area contributed by atoms with Crippen molar-refractivity contribution in [1.82, 2.24) is 0 Å². The van der Waals surface area contributed by atoms with Crippen LogP contribution in [0, 0.1) is 0 Å². The molecule has 0 aromatic heterocycles. The average molecular weight is 198 g/mol. The van der Waals surface area contributed by atoms with Crippen LogP contribution in [0.3, 0.4) is 0 Å². The second-order valence-electron chi connectivity index (χ2n) is 2.35. The quantitative estimate of drug-likeness (QED) is 0.496. The summed E-state index contributed by atoms with van der Waals surface area (Å²) >= 11 is 0. The average Bonchev–Trinajstić information content (AvgIpc) is 2.00. The Morgan fingerprint density at radius 3 is 2.58 bits per heavy atom. The van der Waals surface area contributed by atoms with Gasteiger partial charge >= 0.3 is 7.82 Å². The van der Waals surface area contributed by atoms with E-state index in [9.17, 15) is 4.57 Å². The van der Waals surface area contributed by atoms with Gasteiger partial charge in [-0.2, -0.15) is 0 Å². The minimum absolute atomic E-state index is 0.338. The number of unbranched alkanes of at least 4 members (excludes halogenated alkanes) is 1. The molecular formula is C6H15O5P. The van der Waals surface area contributed by atoms with Crippen LogP contribution in [0.25, 0.3) is 0 Å². The molecule has 2 atom stereocenters. The lowest BCUT2D eigenvalue weighted by atomic mass is 10.2. The van der Waals surface area contributed by atoms with Crippen molar-refractivity contribution in [2.45, 2.75) is 32.5 Å². The highest BCUT2D eigenvalue weighted by molar-refractivity contribution is 7.47. The van der Waals surface area contributed by atoms with Gasteiger partial charge in [-0.25, -0.2) is 4.57 Å². The second-order valence-corrected chi connectivity index (χ2v) is 3.87. The van der Waals surface area contributed by atoms with Gasteiger partial charge in [0.25, 0.3) is 0 Å². The van der Waals surface area contributed by atoms with Crippen molar-refractivity contribution in [2.24, 2.45) is 0 Å². The molecule has 0 aliphatic heterocycles. The molecule has 2 unspecified atom stereocenters. The molecule has 2 N–H and O–H groups in total. The molecule has 0 aliphatic rings. The summed E-state index contributed by atoms with van der Waals surface area (Å²) in [6.07, 6.45) is 0.749. The van der Waals surface area contributed by atoms with Crippen LogP contribution in [0.2, 0.25) is 0 Å². The molecule has 0 saturated carbocycles. The van der Waals surface area contributed by atoms with E-state index in [1.165, 1.54) is 0 Å². The molecule has 6 heteroatoms. The number of hydrogen-bond donors (Lipinski definition) is 2. The first-order valence-corrected chi connectivity index (χ1v) is 5.26. The largest absolute Gasteiger partial charge is 0.474 e. The molecule has 0 heterocycles. The van der Waals surface area contributed by atoms with E-state index in [-0.39, 0.29) is 0 Å². The Bertz CT molecular complexity index is 160. The summed E-state index contributed by atoms with van der Waals surface area (Å²) < 4.78 is 19.2. The Morgan fingerprint density at radius 2 is 2.17 bits per heavy atom. The maximum Gasteiger partial charge on any atom is 0.474 e. The molecule has 0 amide bonds. The molecule has 0 rings (SSSR count). The van der Waals surface area contributed by atoms with Crippen molar-refractivity contribution in [3.8, 4) is 0 Å². The van der Waals surface area contributed by atoms with Gasteiger partial charge in [0.1, 0.15) is 0 Å². The molecular weight excluding hydrogens is 183 g/mol. The predicted molar refractivity (Wildman–Crippen MR) is 43.5 cm³/mol. The van der Waals surface area contributed by atoms with Gasteiger partial charge < -0.3 is 10.00 Å². The molecule has 0 spiro atoms. The monoisotopic (exact) mass is 198 g/mol. The van der Waals surface area contributed by atoms with Gasteiger partial charge in [-0.1, -0.05) is 13.3 Å². The summed E-state index contributed by atoms with van der Waals surface area (Å²) in [5.74, 6) is 0. The molecule has 74 valence electrons. The lowest BCUT2D eigenvalue weighted by Crippen LogP contribution is -2.10. The van der Waals surface area contributed by atoms with Gasteiger partial charge in [-0.05, 0) is 12.8 Å². The molecule has 0 aromatic rings. The highest BCUT2D eigenvalue weighted by Gasteiger charge is 2.22. The third-order valence-electron chi connectivity index (χ3n) is 1.29. The van der Waals surface area contributed by atoms with Crippen LogP contribution in [-0.4, -0.2) is 23.4 Å². The Kier molecular flexibility index (Phi) is 5.70. The van der Waals surface area contributed by atoms with E-state index in [1.54, 1.807) is 0 Å². The Labute approximate surface area is 71.9 Å². The van der Waals surface area contributed by atoms with E-state index >= 15 is 0 Å². The summed E-state index contributed by atoms with van der Waals surface area (Å²) in [5.41, 5.74) is 0. The maximum absolute atomic E-state index is 10.7. The second kappa shape index (κ2) is 5.67. The predicted octanol–water partition coefficient (Wildman–Crippen LogP) is 1.26. The van der Waals surface area contributed by atoms with Crippen molar-refractivity contribution in [1.29, 1.82) is 0 Å². The fraction of sp³-hybridized carbons (Fsp3) is 1.00. The Balaban J connectivity index is 3.68. The highest BCUT2D eigenvalue weighted by Crippen LogP contribution is 2.43. The third kappa shape index (κ3) is 5.69. The van der Waals surface area contributed by atoms with Crippen molar-refractivity contribution in [3.63, 3.8) is 0 Å². The Hall–Kier alpha value is 0.0700. The first kappa shape index (κ1) is 12.1.